The lowest BCUT2D eigenvalue weighted by atomic mass is 10.1. The predicted octanol–water partition coefficient (Wildman–Crippen LogP) is 5.96. The standard InChI is InChI=1S/C25H17BrO4/c26-19-7-5-16(6-8-19)14-28-20-9-10-21-23(13-20)30-24(25(21)27)12-17-11-18-3-1-2-4-22(18)29-15-17/h1-13H,14-15H2/b24-12-. The van der Waals surface area contributed by atoms with Gasteiger partial charge < -0.3 is 14.2 Å². The zero-order valence-corrected chi connectivity index (χ0v) is 17.5. The molecule has 5 heteroatoms. The first-order valence-corrected chi connectivity index (χ1v) is 10.3. The van der Waals surface area contributed by atoms with Crippen LogP contribution in [-0.4, -0.2) is 12.4 Å². The monoisotopic (exact) mass is 460 g/mol. The predicted molar refractivity (Wildman–Crippen MR) is 118 cm³/mol. The van der Waals surface area contributed by atoms with Gasteiger partial charge in [-0.05, 0) is 53.6 Å². The van der Waals surface area contributed by atoms with Crippen LogP contribution in [0, 0.1) is 0 Å². The molecule has 3 aromatic carbocycles. The molecule has 0 saturated carbocycles. The third kappa shape index (κ3) is 3.76. The van der Waals surface area contributed by atoms with Crippen molar-refractivity contribution in [2.75, 3.05) is 6.61 Å². The van der Waals surface area contributed by atoms with Crippen LogP contribution in [-0.2, 0) is 6.61 Å². The number of ether oxygens (including phenoxy) is 3. The molecule has 0 bridgehead atoms. The first kappa shape index (κ1) is 18.7. The van der Waals surface area contributed by atoms with Crippen molar-refractivity contribution in [3.05, 3.63) is 105 Å². The van der Waals surface area contributed by atoms with Crippen molar-refractivity contribution < 1.29 is 19.0 Å². The van der Waals surface area contributed by atoms with Gasteiger partial charge in [-0.1, -0.05) is 46.3 Å². The summed E-state index contributed by atoms with van der Waals surface area (Å²) >= 11 is 3.42. The Morgan fingerprint density at radius 2 is 1.83 bits per heavy atom. The molecule has 0 aromatic heterocycles. The van der Waals surface area contributed by atoms with Crippen LogP contribution < -0.4 is 14.2 Å². The molecule has 2 heterocycles. The van der Waals surface area contributed by atoms with E-state index in [4.69, 9.17) is 14.2 Å². The van der Waals surface area contributed by atoms with Gasteiger partial charge in [0.25, 0.3) is 0 Å². The highest BCUT2D eigenvalue weighted by Crippen LogP contribution is 2.35. The van der Waals surface area contributed by atoms with Crippen LogP contribution in [0.4, 0.5) is 0 Å². The molecule has 0 aliphatic carbocycles. The van der Waals surface area contributed by atoms with Gasteiger partial charge in [-0.15, -0.1) is 0 Å². The fourth-order valence-corrected chi connectivity index (χ4v) is 3.65. The Morgan fingerprint density at radius 1 is 1.00 bits per heavy atom. The summed E-state index contributed by atoms with van der Waals surface area (Å²) < 4.78 is 18.5. The average Bonchev–Trinajstić information content (AvgIpc) is 3.08. The van der Waals surface area contributed by atoms with Gasteiger partial charge in [0.05, 0.1) is 5.56 Å². The highest BCUT2D eigenvalue weighted by atomic mass is 79.9. The number of para-hydroxylation sites is 1. The smallest absolute Gasteiger partial charge is 0.231 e. The van der Waals surface area contributed by atoms with E-state index < -0.39 is 0 Å². The molecular formula is C25H17BrO4. The van der Waals surface area contributed by atoms with Crippen molar-refractivity contribution in [2.45, 2.75) is 6.61 Å². The molecule has 0 saturated heterocycles. The largest absolute Gasteiger partial charge is 0.489 e. The fourth-order valence-electron chi connectivity index (χ4n) is 3.39. The molecule has 4 nitrogen and oxygen atoms in total. The second-order valence-electron chi connectivity index (χ2n) is 7.06. The van der Waals surface area contributed by atoms with Crippen LogP contribution in [0.25, 0.3) is 6.08 Å². The number of rotatable bonds is 4. The summed E-state index contributed by atoms with van der Waals surface area (Å²) in [5, 5.41) is 0. The summed E-state index contributed by atoms with van der Waals surface area (Å²) in [7, 11) is 0. The zero-order chi connectivity index (χ0) is 20.5. The molecule has 148 valence electrons. The lowest BCUT2D eigenvalue weighted by Gasteiger charge is -2.15. The molecule has 3 aromatic rings. The van der Waals surface area contributed by atoms with Gasteiger partial charge >= 0.3 is 0 Å². The van der Waals surface area contributed by atoms with E-state index in [0.29, 0.717) is 36.0 Å². The minimum atomic E-state index is -0.135. The Bertz CT molecular complexity index is 1190. The van der Waals surface area contributed by atoms with E-state index in [9.17, 15) is 4.79 Å². The molecule has 0 spiro atoms. The minimum absolute atomic E-state index is 0.135. The molecule has 5 rings (SSSR count). The van der Waals surface area contributed by atoms with Crippen LogP contribution in [0.1, 0.15) is 21.5 Å². The third-order valence-corrected chi connectivity index (χ3v) is 5.46. The van der Waals surface area contributed by atoms with Gasteiger partial charge in [0.15, 0.2) is 5.76 Å². The highest BCUT2D eigenvalue weighted by Gasteiger charge is 2.28. The van der Waals surface area contributed by atoms with Gasteiger partial charge in [0.2, 0.25) is 5.78 Å². The van der Waals surface area contributed by atoms with E-state index in [1.54, 1.807) is 24.3 Å². The molecule has 0 atom stereocenters. The summed E-state index contributed by atoms with van der Waals surface area (Å²) in [6.45, 7) is 0.835. The normalized spacial score (nSPS) is 15.7. The van der Waals surface area contributed by atoms with Crippen LogP contribution in [0.3, 0.4) is 0 Å². The topological polar surface area (TPSA) is 44.8 Å². The number of Topliss-reactive ketones (excluding diaryl/α,β-unsaturated/α-hetero) is 1. The lowest BCUT2D eigenvalue weighted by molar-refractivity contribution is 0.101. The number of carbonyl (C=O) groups excluding carboxylic acids is 1. The summed E-state index contributed by atoms with van der Waals surface area (Å²) in [5.74, 6) is 2.17. The number of hydrogen-bond acceptors (Lipinski definition) is 4. The van der Waals surface area contributed by atoms with Crippen molar-refractivity contribution in [1.29, 1.82) is 0 Å². The lowest BCUT2D eigenvalue weighted by Crippen LogP contribution is -2.08. The minimum Gasteiger partial charge on any atom is -0.489 e. The van der Waals surface area contributed by atoms with Crippen LogP contribution >= 0.6 is 15.9 Å². The summed E-state index contributed by atoms with van der Waals surface area (Å²) in [4.78, 5) is 12.7. The fraction of sp³-hybridized carbons (Fsp3) is 0.0800. The molecule has 0 N–H and O–H groups in total. The van der Waals surface area contributed by atoms with E-state index in [-0.39, 0.29) is 5.78 Å². The Balaban J connectivity index is 1.33. The van der Waals surface area contributed by atoms with Gasteiger partial charge in [0.1, 0.15) is 30.5 Å². The molecule has 0 fully saturated rings. The van der Waals surface area contributed by atoms with Crippen molar-refractivity contribution in [3.8, 4) is 17.2 Å². The number of fused-ring (bicyclic) bond motifs is 2. The van der Waals surface area contributed by atoms with E-state index >= 15 is 0 Å². The zero-order valence-electron chi connectivity index (χ0n) is 15.9. The van der Waals surface area contributed by atoms with Gasteiger partial charge in [-0.2, -0.15) is 0 Å². The van der Waals surface area contributed by atoms with E-state index in [1.807, 2.05) is 54.6 Å². The second kappa shape index (κ2) is 7.84. The van der Waals surface area contributed by atoms with Gasteiger partial charge in [0, 0.05) is 16.1 Å². The summed E-state index contributed by atoms with van der Waals surface area (Å²) in [5.41, 5.74) is 3.47. The number of hydrogen-bond donors (Lipinski definition) is 0. The quantitative estimate of drug-likeness (QED) is 0.450. The van der Waals surface area contributed by atoms with Crippen molar-refractivity contribution in [1.82, 2.24) is 0 Å². The molecule has 30 heavy (non-hydrogen) atoms. The molecule has 0 radical (unpaired) electrons. The number of ketones is 1. The summed E-state index contributed by atoms with van der Waals surface area (Å²) in [6.07, 6.45) is 3.76. The Morgan fingerprint density at radius 3 is 2.70 bits per heavy atom. The molecular weight excluding hydrogens is 444 g/mol. The Kier molecular flexibility index (Phi) is 4.89. The van der Waals surface area contributed by atoms with Crippen molar-refractivity contribution >= 4 is 27.8 Å². The number of halogens is 1. The first-order chi connectivity index (χ1) is 14.7. The average molecular weight is 461 g/mol. The second-order valence-corrected chi connectivity index (χ2v) is 7.97. The third-order valence-electron chi connectivity index (χ3n) is 4.93. The number of benzene rings is 3. The number of allylic oxidation sites excluding steroid dienone is 1. The SMILES string of the molecule is O=C1/C(=C/C2=Cc3ccccc3OC2)Oc2cc(OCc3ccc(Br)cc3)ccc21. The Hall–Kier alpha value is -3.31. The van der Waals surface area contributed by atoms with Crippen LogP contribution in [0.2, 0.25) is 0 Å². The van der Waals surface area contributed by atoms with Crippen molar-refractivity contribution in [2.24, 2.45) is 0 Å². The maximum absolute atomic E-state index is 12.7. The molecule has 2 aliphatic heterocycles. The molecule has 2 aliphatic rings. The molecule has 0 amide bonds. The Labute approximate surface area is 182 Å². The van der Waals surface area contributed by atoms with Crippen LogP contribution in [0.5, 0.6) is 17.2 Å². The van der Waals surface area contributed by atoms with E-state index in [0.717, 1.165) is 26.9 Å². The van der Waals surface area contributed by atoms with Gasteiger partial charge in [-0.3, -0.25) is 4.79 Å². The van der Waals surface area contributed by atoms with Crippen LogP contribution in [0.15, 0.2) is 88.6 Å². The highest BCUT2D eigenvalue weighted by molar-refractivity contribution is 9.10. The number of carbonyl (C=O) groups is 1. The first-order valence-electron chi connectivity index (χ1n) is 9.54. The van der Waals surface area contributed by atoms with Crippen molar-refractivity contribution in [3.63, 3.8) is 0 Å². The maximum atomic E-state index is 12.7. The maximum Gasteiger partial charge on any atom is 0.231 e. The van der Waals surface area contributed by atoms with E-state index in [1.165, 1.54) is 0 Å². The van der Waals surface area contributed by atoms with Gasteiger partial charge in [-0.25, -0.2) is 0 Å². The molecule has 0 unspecified atom stereocenters. The summed E-state index contributed by atoms with van der Waals surface area (Å²) in [6, 6.07) is 21.0. The van der Waals surface area contributed by atoms with E-state index in [2.05, 4.69) is 15.9 Å².